The van der Waals surface area contributed by atoms with Gasteiger partial charge in [0.25, 0.3) is 5.91 Å². The van der Waals surface area contributed by atoms with Crippen molar-refractivity contribution in [1.29, 1.82) is 0 Å². The summed E-state index contributed by atoms with van der Waals surface area (Å²) in [6.45, 7) is 0.911. The minimum absolute atomic E-state index is 0.00975. The van der Waals surface area contributed by atoms with Crippen LogP contribution in [-0.4, -0.2) is 106 Å². The van der Waals surface area contributed by atoms with Gasteiger partial charge in [-0.3, -0.25) is 4.79 Å². The highest BCUT2D eigenvalue weighted by atomic mass is 35.5. The molecule has 0 radical (unpaired) electrons. The van der Waals surface area contributed by atoms with Crippen LogP contribution in [0.2, 0.25) is 5.02 Å². The monoisotopic (exact) mass is 799 g/mol. The molecular formula is C35H36ClF6N7O6. The zero-order chi connectivity index (χ0) is 40.2. The molecule has 0 bridgehead atoms. The van der Waals surface area contributed by atoms with Crippen LogP contribution in [-0.2, 0) is 37.0 Å². The third-order valence-electron chi connectivity index (χ3n) is 8.84. The second-order valence-corrected chi connectivity index (χ2v) is 13.6. The van der Waals surface area contributed by atoms with Crippen molar-refractivity contribution in [2.24, 2.45) is 5.92 Å². The van der Waals surface area contributed by atoms with Crippen molar-refractivity contribution in [3.05, 3.63) is 83.5 Å². The smallest absolute Gasteiger partial charge is 0.361 e. The highest BCUT2D eigenvalue weighted by Crippen LogP contribution is 2.37. The molecule has 3 atom stereocenters. The third-order valence-corrected chi connectivity index (χ3v) is 9.07. The minimum atomic E-state index is -5.75. The lowest BCUT2D eigenvalue weighted by Gasteiger charge is -2.41. The number of nitrogens with zero attached hydrogens (tertiary/aromatic N) is 6. The molecule has 13 nitrogen and oxygen atoms in total. The molecule has 55 heavy (non-hydrogen) atoms. The van der Waals surface area contributed by atoms with Crippen molar-refractivity contribution in [3.8, 4) is 0 Å². The molecule has 1 aliphatic heterocycles. The number of hydrogen-bond donors (Lipinski definition) is 1. The maximum absolute atomic E-state index is 15.1. The lowest BCUT2D eigenvalue weighted by molar-refractivity contribution is -0.249. The van der Waals surface area contributed by atoms with E-state index < -0.39 is 54.7 Å². The summed E-state index contributed by atoms with van der Waals surface area (Å²) in [5.74, 6) is -8.53. The first-order valence-corrected chi connectivity index (χ1v) is 17.2. The molecule has 2 unspecified atom stereocenters. The van der Waals surface area contributed by atoms with Crippen molar-refractivity contribution < 1.29 is 55.2 Å². The number of hydrogen-bond acceptors (Lipinski definition) is 8. The maximum Gasteiger partial charge on any atom is 0.493 e. The highest BCUT2D eigenvalue weighted by Gasteiger charge is 2.51. The molecule has 1 N–H and O–H groups in total. The van der Waals surface area contributed by atoms with Gasteiger partial charge in [-0.2, -0.15) is 31.4 Å². The van der Waals surface area contributed by atoms with Gasteiger partial charge >= 0.3 is 30.3 Å². The summed E-state index contributed by atoms with van der Waals surface area (Å²) in [6.07, 6.45) is -5.56. The number of halogens is 7. The number of rotatable bonds is 10. The number of urea groups is 1. The van der Waals surface area contributed by atoms with Crippen LogP contribution in [0.4, 0.5) is 36.8 Å². The van der Waals surface area contributed by atoms with Gasteiger partial charge in [0.1, 0.15) is 0 Å². The molecule has 5 rings (SSSR count). The van der Waals surface area contributed by atoms with E-state index in [4.69, 9.17) is 11.6 Å². The van der Waals surface area contributed by atoms with E-state index in [0.29, 0.717) is 34.5 Å². The largest absolute Gasteiger partial charge is 0.493 e. The number of para-hydroxylation sites is 1. The summed E-state index contributed by atoms with van der Waals surface area (Å²) in [5, 5.41) is 0.363. The maximum atomic E-state index is 15.1. The Morgan fingerprint density at radius 1 is 1.02 bits per heavy atom. The van der Waals surface area contributed by atoms with Gasteiger partial charge in [0.2, 0.25) is 0 Å². The van der Waals surface area contributed by atoms with Crippen molar-refractivity contribution in [2.45, 2.75) is 50.6 Å². The molecule has 0 aliphatic carbocycles. The summed E-state index contributed by atoms with van der Waals surface area (Å²) in [7, 11) is 3.59. The Labute approximate surface area is 315 Å². The van der Waals surface area contributed by atoms with E-state index in [1.807, 2.05) is 4.90 Å². The van der Waals surface area contributed by atoms with E-state index in [1.165, 1.54) is 53.4 Å². The molecule has 0 saturated heterocycles. The quantitative estimate of drug-likeness (QED) is 0.150. The number of carbonyl (C=O) groups is 4. The predicted molar refractivity (Wildman–Crippen MR) is 185 cm³/mol. The van der Waals surface area contributed by atoms with Gasteiger partial charge in [-0.05, 0) is 68.2 Å². The van der Waals surface area contributed by atoms with Crippen LogP contribution in [0, 0.1) is 5.92 Å². The number of nitrogens with one attached hydrogen (secondary N) is 1. The van der Waals surface area contributed by atoms with Crippen LogP contribution in [0.25, 0.3) is 10.9 Å². The Bertz CT molecular complexity index is 2000. The van der Waals surface area contributed by atoms with Crippen molar-refractivity contribution in [2.75, 3.05) is 38.6 Å². The fourth-order valence-corrected chi connectivity index (χ4v) is 6.69. The number of aromatic amines is 1. The first kappa shape index (κ1) is 40.9. The molecule has 20 heteroatoms. The van der Waals surface area contributed by atoms with Crippen LogP contribution in [0.3, 0.4) is 0 Å². The van der Waals surface area contributed by atoms with Crippen LogP contribution < -0.4 is 4.90 Å². The van der Waals surface area contributed by atoms with E-state index in [0.717, 1.165) is 0 Å². The molecule has 0 spiro atoms. The molecule has 3 heterocycles. The molecule has 1 aliphatic rings. The molecule has 0 fully saturated rings. The third kappa shape index (κ3) is 9.69. The molecular weight excluding hydrogens is 764 g/mol. The summed E-state index contributed by atoms with van der Waals surface area (Å²) < 4.78 is 83.8. The van der Waals surface area contributed by atoms with Crippen molar-refractivity contribution >= 4 is 52.1 Å². The lowest BCUT2D eigenvalue weighted by Crippen LogP contribution is -2.59. The first-order chi connectivity index (χ1) is 25.8. The second-order valence-electron chi connectivity index (χ2n) is 13.2. The number of anilines is 1. The summed E-state index contributed by atoms with van der Waals surface area (Å²) in [5.41, 5.74) is 1.68. The van der Waals surface area contributed by atoms with Gasteiger partial charge in [0.05, 0.1) is 12.9 Å². The number of aryl methyl sites for hydroxylation is 1. The van der Waals surface area contributed by atoms with E-state index in [2.05, 4.69) is 19.6 Å². The topological polar surface area (TPSA) is 133 Å². The Morgan fingerprint density at radius 3 is 2.36 bits per heavy atom. The van der Waals surface area contributed by atoms with E-state index in [-0.39, 0.29) is 46.8 Å². The Hall–Kier alpha value is -5.30. The Kier molecular flexibility index (Phi) is 12.3. The first-order valence-electron chi connectivity index (χ1n) is 16.8. The average Bonchev–Trinajstić information content (AvgIpc) is 3.79. The fraction of sp³-hybridized carbons (Fsp3) is 0.400. The second kappa shape index (κ2) is 16.6. The van der Waals surface area contributed by atoms with Crippen LogP contribution in [0.5, 0.6) is 0 Å². The molecule has 2 aromatic heterocycles. The van der Waals surface area contributed by atoms with Gasteiger partial charge in [-0.25, -0.2) is 19.4 Å². The molecule has 2 aromatic carbocycles. The van der Waals surface area contributed by atoms with Crippen molar-refractivity contribution in [3.63, 3.8) is 0 Å². The van der Waals surface area contributed by atoms with E-state index >= 15 is 4.79 Å². The molecule has 4 aromatic rings. The van der Waals surface area contributed by atoms with Gasteiger partial charge < -0.3 is 29.0 Å². The standard InChI is InChI=1S/C35H36ClF6N7O6/c1-21(26-17-44-27-8-5-4-7-25(26)27)29(30(50)47-19-22(18-45(2)3)15-23-16-24(36)9-10-28(23)47)49(55-32(52)35(40,41)42)33(53)48(54-31(51)34(37,38)39)13-6-12-46-14-11-43-20-46/h4-5,7-11,14,16-17,20-22,29,44H,6,12-13,15,18-19H2,1-3H3/t21?,22-,29?/m1/s1. The number of aromatic nitrogens is 3. The van der Waals surface area contributed by atoms with Gasteiger partial charge in [0.15, 0.2) is 6.04 Å². The summed E-state index contributed by atoms with van der Waals surface area (Å²) in [6, 6.07) is 7.08. The van der Waals surface area contributed by atoms with E-state index in [9.17, 15) is 40.7 Å². The number of H-pyrrole nitrogens is 1. The number of alkyl halides is 6. The van der Waals surface area contributed by atoms with Crippen LogP contribution in [0.1, 0.15) is 30.4 Å². The SMILES string of the molecule is CC(c1c[nH]c2ccccc12)C(C(=O)N1C[C@@H](CN(C)C)Cc2cc(Cl)ccc21)N(OC(=O)C(F)(F)F)C(=O)N(CCCn1ccnc1)OC(=O)C(F)(F)F. The van der Waals surface area contributed by atoms with Crippen LogP contribution >= 0.6 is 11.6 Å². The Balaban J connectivity index is 1.66. The number of imidazole rings is 1. The zero-order valence-electron chi connectivity index (χ0n) is 29.6. The molecule has 296 valence electrons. The van der Waals surface area contributed by atoms with Crippen molar-refractivity contribution in [1.82, 2.24) is 29.6 Å². The van der Waals surface area contributed by atoms with Gasteiger partial charge in [-0.1, -0.05) is 36.7 Å². The van der Waals surface area contributed by atoms with Gasteiger partial charge in [0, 0.05) is 65.8 Å². The summed E-state index contributed by atoms with van der Waals surface area (Å²) >= 11 is 6.30. The lowest BCUT2D eigenvalue weighted by atomic mass is 9.88. The molecule has 3 amide bonds. The number of hydroxylamine groups is 4. The summed E-state index contributed by atoms with van der Waals surface area (Å²) in [4.78, 5) is 73.2. The average molecular weight is 800 g/mol. The van der Waals surface area contributed by atoms with Gasteiger partial charge in [-0.15, -0.1) is 5.06 Å². The number of fused-ring (bicyclic) bond motifs is 2. The van der Waals surface area contributed by atoms with E-state index in [1.54, 1.807) is 44.4 Å². The zero-order valence-corrected chi connectivity index (χ0v) is 30.4. The highest BCUT2D eigenvalue weighted by molar-refractivity contribution is 6.30. The molecule has 0 saturated carbocycles. The normalized spacial score (nSPS) is 15.7. The minimum Gasteiger partial charge on any atom is -0.361 e. The van der Waals surface area contributed by atoms with Crippen LogP contribution in [0.15, 0.2) is 67.4 Å². The number of benzene rings is 2. The predicted octanol–water partition coefficient (Wildman–Crippen LogP) is 6.11. The number of amides is 3. The number of carbonyl (C=O) groups excluding carboxylic acids is 4. The fourth-order valence-electron chi connectivity index (χ4n) is 6.49. The Morgan fingerprint density at radius 2 is 1.71 bits per heavy atom.